The van der Waals surface area contributed by atoms with Crippen LogP contribution in [0.1, 0.15) is 19.4 Å². The monoisotopic (exact) mass is 352 g/mol. The maximum atomic E-state index is 5.19. The molecule has 0 unspecified atom stereocenters. The molecule has 2 aromatic rings. The van der Waals surface area contributed by atoms with Gasteiger partial charge in [-0.25, -0.2) is 0 Å². The van der Waals surface area contributed by atoms with E-state index in [1.807, 2.05) is 42.9 Å². The molecule has 1 aromatic carbocycles. The largest absolute Gasteiger partial charge is 0.360 e. The first-order valence-corrected chi connectivity index (χ1v) is 7.58. The van der Waals surface area contributed by atoms with Gasteiger partial charge in [-0.1, -0.05) is 28.1 Å². The third-order valence-corrected chi connectivity index (χ3v) is 3.31. The lowest BCUT2D eigenvalue weighted by Crippen LogP contribution is -2.34. The third-order valence-electron chi connectivity index (χ3n) is 2.56. The van der Waals surface area contributed by atoms with Crippen LogP contribution in [0.5, 0.6) is 0 Å². The van der Waals surface area contributed by atoms with Crippen LogP contribution >= 0.6 is 28.1 Å². The summed E-state index contributed by atoms with van der Waals surface area (Å²) in [6, 6.07) is 10.4. The van der Waals surface area contributed by atoms with Crippen LogP contribution in [0.4, 0.5) is 5.82 Å². The van der Waals surface area contributed by atoms with Crippen molar-refractivity contribution in [2.24, 2.45) is 0 Å². The molecule has 2 rings (SSSR count). The van der Waals surface area contributed by atoms with Crippen LogP contribution in [0.25, 0.3) is 0 Å². The van der Waals surface area contributed by atoms with Crippen LogP contribution in [0.2, 0.25) is 0 Å². The summed E-state index contributed by atoms with van der Waals surface area (Å²) >= 11 is 8.62. The molecule has 0 aliphatic rings. The predicted molar refractivity (Wildman–Crippen MR) is 90.0 cm³/mol. The Balaban J connectivity index is 1.95. The van der Waals surface area contributed by atoms with Gasteiger partial charge in [0.05, 0.1) is 6.54 Å². The van der Waals surface area contributed by atoms with E-state index in [2.05, 4.69) is 43.8 Å². The normalized spacial score (nSPS) is 10.6. The number of nitrogens with zero attached hydrogens (tertiary/aromatic N) is 2. The van der Waals surface area contributed by atoms with Gasteiger partial charge in [0.1, 0.15) is 0 Å². The highest BCUT2D eigenvalue weighted by molar-refractivity contribution is 9.10. The number of hydrogen-bond acceptors (Lipinski definition) is 2. The van der Waals surface area contributed by atoms with Crippen molar-refractivity contribution in [1.82, 2.24) is 15.1 Å². The van der Waals surface area contributed by atoms with Gasteiger partial charge in [-0.3, -0.25) is 4.68 Å². The highest BCUT2D eigenvalue weighted by atomic mass is 79.9. The molecule has 20 heavy (non-hydrogen) atoms. The van der Waals surface area contributed by atoms with Gasteiger partial charge in [0.25, 0.3) is 0 Å². The summed E-state index contributed by atoms with van der Waals surface area (Å²) in [5.74, 6) is 0.750. The molecule has 0 saturated carbocycles. The summed E-state index contributed by atoms with van der Waals surface area (Å²) in [7, 11) is 0. The lowest BCUT2D eigenvalue weighted by molar-refractivity contribution is 0.689. The topological polar surface area (TPSA) is 41.9 Å². The molecule has 4 nitrogen and oxygen atoms in total. The lowest BCUT2D eigenvalue weighted by Gasteiger charge is -2.11. The van der Waals surface area contributed by atoms with E-state index in [-0.39, 0.29) is 0 Å². The highest BCUT2D eigenvalue weighted by Gasteiger charge is 2.03. The quantitative estimate of drug-likeness (QED) is 0.827. The van der Waals surface area contributed by atoms with E-state index < -0.39 is 0 Å². The molecule has 0 atom stereocenters. The van der Waals surface area contributed by atoms with E-state index in [0.717, 1.165) is 16.8 Å². The highest BCUT2D eigenvalue weighted by Crippen LogP contribution is 2.12. The molecule has 0 aliphatic heterocycles. The minimum Gasteiger partial charge on any atom is -0.360 e. The first-order valence-electron chi connectivity index (χ1n) is 6.38. The predicted octanol–water partition coefficient (Wildman–Crippen LogP) is 3.39. The number of rotatable bonds is 4. The van der Waals surface area contributed by atoms with Gasteiger partial charge in [-0.15, -0.1) is 0 Å². The summed E-state index contributed by atoms with van der Waals surface area (Å²) in [6.07, 6.45) is 1.93. The molecule has 0 fully saturated rings. The van der Waals surface area contributed by atoms with Crippen molar-refractivity contribution < 1.29 is 0 Å². The van der Waals surface area contributed by atoms with Gasteiger partial charge in [0.15, 0.2) is 10.9 Å². The second-order valence-electron chi connectivity index (χ2n) is 4.78. The van der Waals surface area contributed by atoms with E-state index in [9.17, 15) is 0 Å². The van der Waals surface area contributed by atoms with Crippen LogP contribution in [0.3, 0.4) is 0 Å². The van der Waals surface area contributed by atoms with Gasteiger partial charge >= 0.3 is 0 Å². The molecule has 1 aromatic heterocycles. The summed E-state index contributed by atoms with van der Waals surface area (Å²) in [4.78, 5) is 0. The molecule has 0 amide bonds. The second-order valence-corrected chi connectivity index (χ2v) is 6.10. The van der Waals surface area contributed by atoms with Crippen molar-refractivity contribution in [2.45, 2.75) is 26.4 Å². The fourth-order valence-corrected chi connectivity index (χ4v) is 2.31. The number of halogens is 1. The van der Waals surface area contributed by atoms with Crippen LogP contribution < -0.4 is 10.6 Å². The minimum absolute atomic E-state index is 0.305. The maximum absolute atomic E-state index is 5.19. The smallest absolute Gasteiger partial charge is 0.172 e. The van der Waals surface area contributed by atoms with Crippen LogP contribution in [0, 0.1) is 0 Å². The van der Waals surface area contributed by atoms with Crippen molar-refractivity contribution >= 4 is 39.1 Å². The van der Waals surface area contributed by atoms with Crippen molar-refractivity contribution in [3.05, 3.63) is 46.6 Å². The standard InChI is InChI=1S/C14H17BrN4S/c1-10(2)16-14(20)17-13-7-8-19(18-13)9-11-3-5-12(15)6-4-11/h3-8,10H,9H2,1-2H3,(H2,16,17,18,20). The Bertz CT molecular complexity index is 577. The Kier molecular flexibility index (Phi) is 5.14. The molecule has 0 aliphatic carbocycles. The van der Waals surface area contributed by atoms with Crippen LogP contribution in [0.15, 0.2) is 41.0 Å². The third kappa shape index (κ3) is 4.61. The zero-order chi connectivity index (χ0) is 14.5. The van der Waals surface area contributed by atoms with Crippen molar-refractivity contribution in [1.29, 1.82) is 0 Å². The van der Waals surface area contributed by atoms with Gasteiger partial charge in [-0.05, 0) is 43.8 Å². The van der Waals surface area contributed by atoms with Crippen molar-refractivity contribution in [3.8, 4) is 0 Å². The van der Waals surface area contributed by atoms with E-state index in [1.165, 1.54) is 5.56 Å². The number of hydrogen-bond donors (Lipinski definition) is 2. The fourth-order valence-electron chi connectivity index (χ4n) is 1.71. The molecule has 0 bridgehead atoms. The summed E-state index contributed by atoms with van der Waals surface area (Å²) in [5.41, 5.74) is 1.20. The van der Waals surface area contributed by atoms with Gasteiger partial charge in [-0.2, -0.15) is 5.10 Å². The average Bonchev–Trinajstić information content (AvgIpc) is 2.78. The first kappa shape index (κ1) is 15.0. The van der Waals surface area contributed by atoms with Crippen LogP contribution in [-0.2, 0) is 6.54 Å². The molecule has 0 saturated heterocycles. The molecule has 0 radical (unpaired) electrons. The van der Waals surface area contributed by atoms with E-state index in [1.54, 1.807) is 0 Å². The first-order chi connectivity index (χ1) is 9.52. The van der Waals surface area contributed by atoms with Gasteiger partial charge in [0.2, 0.25) is 0 Å². The Morgan fingerprint density at radius 3 is 2.65 bits per heavy atom. The fraction of sp³-hybridized carbons (Fsp3) is 0.286. The summed E-state index contributed by atoms with van der Waals surface area (Å²) in [5, 5.41) is 11.2. The number of thiocarbonyl (C=S) groups is 1. The average molecular weight is 353 g/mol. The van der Waals surface area contributed by atoms with Gasteiger partial charge < -0.3 is 10.6 Å². The minimum atomic E-state index is 0.305. The molecule has 0 spiro atoms. The van der Waals surface area contributed by atoms with E-state index >= 15 is 0 Å². The van der Waals surface area contributed by atoms with E-state index in [0.29, 0.717) is 11.2 Å². The number of benzene rings is 1. The zero-order valence-corrected chi connectivity index (χ0v) is 13.8. The zero-order valence-electron chi connectivity index (χ0n) is 11.4. The molecule has 1 heterocycles. The van der Waals surface area contributed by atoms with Crippen molar-refractivity contribution in [2.75, 3.05) is 5.32 Å². The Morgan fingerprint density at radius 1 is 1.30 bits per heavy atom. The molecule has 106 valence electrons. The molecular formula is C14H17BrN4S. The maximum Gasteiger partial charge on any atom is 0.172 e. The lowest BCUT2D eigenvalue weighted by atomic mass is 10.2. The Hall–Kier alpha value is -1.40. The Morgan fingerprint density at radius 2 is 2.00 bits per heavy atom. The molecular weight excluding hydrogens is 336 g/mol. The number of anilines is 1. The second kappa shape index (κ2) is 6.85. The van der Waals surface area contributed by atoms with E-state index in [4.69, 9.17) is 12.2 Å². The van der Waals surface area contributed by atoms with Crippen molar-refractivity contribution in [3.63, 3.8) is 0 Å². The molecule has 6 heteroatoms. The molecule has 2 N–H and O–H groups in total. The van der Waals surface area contributed by atoms with Crippen LogP contribution in [-0.4, -0.2) is 20.9 Å². The number of aromatic nitrogens is 2. The SMILES string of the molecule is CC(C)NC(=S)Nc1ccn(Cc2ccc(Br)cc2)n1. The van der Waals surface area contributed by atoms with Gasteiger partial charge in [0, 0.05) is 22.8 Å². The Labute approximate surface area is 132 Å². The summed E-state index contributed by atoms with van der Waals surface area (Å²) < 4.78 is 2.96. The number of nitrogens with one attached hydrogen (secondary N) is 2. The summed E-state index contributed by atoms with van der Waals surface area (Å²) in [6.45, 7) is 4.82.